The first kappa shape index (κ1) is 11.2. The number of halogens is 2. The molecule has 1 saturated heterocycles. The fourth-order valence-corrected chi connectivity index (χ4v) is 2.38. The number of benzene rings is 1. The highest BCUT2D eigenvalue weighted by Gasteiger charge is 2.15. The van der Waals surface area contributed by atoms with E-state index >= 15 is 0 Å². The zero-order valence-electron chi connectivity index (χ0n) is 8.39. The molecule has 0 aromatic heterocycles. The van der Waals surface area contributed by atoms with E-state index in [1.165, 1.54) is 0 Å². The van der Waals surface area contributed by atoms with Crippen LogP contribution in [0.2, 0.25) is 10.0 Å². The Balaban J connectivity index is 2.09. The van der Waals surface area contributed by atoms with Crippen molar-refractivity contribution in [1.29, 1.82) is 0 Å². The van der Waals surface area contributed by atoms with E-state index in [2.05, 4.69) is 10.6 Å². The zero-order valence-corrected chi connectivity index (χ0v) is 9.91. The summed E-state index contributed by atoms with van der Waals surface area (Å²) in [4.78, 5) is 0. The predicted molar refractivity (Wildman–Crippen MR) is 64.8 cm³/mol. The average molecular weight is 245 g/mol. The van der Waals surface area contributed by atoms with E-state index < -0.39 is 0 Å². The smallest absolute Gasteiger partial charge is 0.0453 e. The van der Waals surface area contributed by atoms with Crippen LogP contribution in [0.1, 0.15) is 5.56 Å². The van der Waals surface area contributed by atoms with Crippen LogP contribution in [0.5, 0.6) is 0 Å². The van der Waals surface area contributed by atoms with Crippen molar-refractivity contribution >= 4 is 23.2 Å². The largest absolute Gasteiger partial charge is 0.314 e. The van der Waals surface area contributed by atoms with Gasteiger partial charge in [-0.15, -0.1) is 0 Å². The second kappa shape index (κ2) is 5.17. The molecule has 0 amide bonds. The molecule has 1 fully saturated rings. The molecule has 0 spiro atoms. The Morgan fingerprint density at radius 2 is 1.93 bits per heavy atom. The maximum atomic E-state index is 6.12. The Kier molecular flexibility index (Phi) is 3.87. The summed E-state index contributed by atoms with van der Waals surface area (Å²) in [5.74, 6) is 0. The predicted octanol–water partition coefficient (Wildman–Crippen LogP) is 2.10. The van der Waals surface area contributed by atoms with Crippen LogP contribution in [0.4, 0.5) is 0 Å². The van der Waals surface area contributed by atoms with Crippen molar-refractivity contribution in [1.82, 2.24) is 10.6 Å². The maximum absolute atomic E-state index is 6.12. The van der Waals surface area contributed by atoms with Gasteiger partial charge in [0, 0.05) is 35.7 Å². The first-order chi connectivity index (χ1) is 7.27. The molecule has 2 nitrogen and oxygen atoms in total. The minimum atomic E-state index is 0.427. The number of piperazine rings is 1. The van der Waals surface area contributed by atoms with E-state index in [1.54, 1.807) is 0 Å². The van der Waals surface area contributed by atoms with Crippen LogP contribution >= 0.6 is 23.2 Å². The molecular weight excluding hydrogens is 231 g/mol. The highest BCUT2D eigenvalue weighted by atomic mass is 35.5. The molecule has 82 valence electrons. The lowest BCUT2D eigenvalue weighted by atomic mass is 10.0. The number of hydrogen-bond donors (Lipinski definition) is 2. The van der Waals surface area contributed by atoms with Gasteiger partial charge in [0.15, 0.2) is 0 Å². The third kappa shape index (κ3) is 2.85. The molecule has 1 aromatic carbocycles. The van der Waals surface area contributed by atoms with Gasteiger partial charge in [0.1, 0.15) is 0 Å². The van der Waals surface area contributed by atoms with Crippen molar-refractivity contribution < 1.29 is 0 Å². The minimum Gasteiger partial charge on any atom is -0.314 e. The molecule has 1 atom stereocenters. The standard InChI is InChI=1S/C11H14Cl2N2/c12-10-2-1-3-11(13)9(10)6-8-7-14-4-5-15-8/h1-3,8,14-15H,4-7H2/t8-/m0/s1. The fourth-order valence-electron chi connectivity index (χ4n) is 1.83. The van der Waals surface area contributed by atoms with Crippen molar-refractivity contribution in [2.45, 2.75) is 12.5 Å². The first-order valence-electron chi connectivity index (χ1n) is 5.14. The van der Waals surface area contributed by atoms with Crippen molar-refractivity contribution in [3.8, 4) is 0 Å². The highest BCUT2D eigenvalue weighted by Crippen LogP contribution is 2.25. The van der Waals surface area contributed by atoms with Gasteiger partial charge in [0.2, 0.25) is 0 Å². The summed E-state index contributed by atoms with van der Waals surface area (Å²) in [7, 11) is 0. The van der Waals surface area contributed by atoms with Crippen LogP contribution in [-0.4, -0.2) is 25.7 Å². The molecule has 0 aliphatic carbocycles. The maximum Gasteiger partial charge on any atom is 0.0453 e. The van der Waals surface area contributed by atoms with E-state index in [-0.39, 0.29) is 0 Å². The van der Waals surface area contributed by atoms with Gasteiger partial charge < -0.3 is 10.6 Å². The van der Waals surface area contributed by atoms with Gasteiger partial charge in [-0.05, 0) is 24.1 Å². The summed E-state index contributed by atoms with van der Waals surface area (Å²) in [6.45, 7) is 3.01. The summed E-state index contributed by atoms with van der Waals surface area (Å²) in [5, 5.41) is 8.31. The van der Waals surface area contributed by atoms with Gasteiger partial charge in [-0.2, -0.15) is 0 Å². The molecule has 0 bridgehead atoms. The van der Waals surface area contributed by atoms with Gasteiger partial charge in [-0.3, -0.25) is 0 Å². The topological polar surface area (TPSA) is 24.1 Å². The fraction of sp³-hybridized carbons (Fsp3) is 0.455. The Labute approximate surface area is 100.0 Å². The lowest BCUT2D eigenvalue weighted by Gasteiger charge is -2.25. The molecule has 1 heterocycles. The summed E-state index contributed by atoms with van der Waals surface area (Å²) >= 11 is 12.2. The Morgan fingerprint density at radius 1 is 1.20 bits per heavy atom. The second-order valence-corrected chi connectivity index (χ2v) is 4.57. The second-order valence-electron chi connectivity index (χ2n) is 3.76. The zero-order chi connectivity index (χ0) is 10.7. The van der Waals surface area contributed by atoms with Crippen molar-refractivity contribution in [2.75, 3.05) is 19.6 Å². The highest BCUT2D eigenvalue weighted by molar-refractivity contribution is 6.35. The van der Waals surface area contributed by atoms with Crippen LogP contribution in [0.3, 0.4) is 0 Å². The van der Waals surface area contributed by atoms with Crippen LogP contribution in [0, 0.1) is 0 Å². The normalized spacial score (nSPS) is 21.6. The lowest BCUT2D eigenvalue weighted by Crippen LogP contribution is -2.49. The van der Waals surface area contributed by atoms with Gasteiger partial charge in [0.05, 0.1) is 0 Å². The lowest BCUT2D eigenvalue weighted by molar-refractivity contribution is 0.417. The van der Waals surface area contributed by atoms with Crippen LogP contribution in [0.15, 0.2) is 18.2 Å². The van der Waals surface area contributed by atoms with E-state index in [0.717, 1.165) is 41.7 Å². The summed E-state index contributed by atoms with van der Waals surface area (Å²) in [6.07, 6.45) is 0.880. The number of hydrogen-bond acceptors (Lipinski definition) is 2. The molecule has 1 aromatic rings. The Hall–Kier alpha value is -0.280. The third-order valence-electron chi connectivity index (χ3n) is 2.64. The average Bonchev–Trinajstić information content (AvgIpc) is 2.25. The quantitative estimate of drug-likeness (QED) is 0.833. The monoisotopic (exact) mass is 244 g/mol. The van der Waals surface area contributed by atoms with E-state index in [4.69, 9.17) is 23.2 Å². The van der Waals surface area contributed by atoms with Crippen LogP contribution in [-0.2, 0) is 6.42 Å². The van der Waals surface area contributed by atoms with Crippen molar-refractivity contribution in [3.63, 3.8) is 0 Å². The Morgan fingerprint density at radius 3 is 2.53 bits per heavy atom. The van der Waals surface area contributed by atoms with E-state index in [0.29, 0.717) is 6.04 Å². The summed E-state index contributed by atoms with van der Waals surface area (Å²) < 4.78 is 0. The molecule has 2 N–H and O–H groups in total. The van der Waals surface area contributed by atoms with E-state index in [1.807, 2.05) is 18.2 Å². The molecule has 1 aliphatic heterocycles. The molecule has 1 aliphatic rings. The van der Waals surface area contributed by atoms with Crippen molar-refractivity contribution in [3.05, 3.63) is 33.8 Å². The summed E-state index contributed by atoms with van der Waals surface area (Å²) in [6, 6.07) is 6.08. The van der Waals surface area contributed by atoms with Gasteiger partial charge in [-0.1, -0.05) is 29.3 Å². The van der Waals surface area contributed by atoms with Crippen molar-refractivity contribution in [2.24, 2.45) is 0 Å². The molecule has 4 heteroatoms. The molecule has 2 rings (SSSR count). The van der Waals surface area contributed by atoms with Crippen LogP contribution < -0.4 is 10.6 Å². The number of rotatable bonds is 2. The molecule has 0 radical (unpaired) electrons. The molecule has 15 heavy (non-hydrogen) atoms. The number of nitrogens with one attached hydrogen (secondary N) is 2. The van der Waals surface area contributed by atoms with Gasteiger partial charge in [0.25, 0.3) is 0 Å². The molecule has 0 unspecified atom stereocenters. The Bertz CT molecular complexity index is 315. The van der Waals surface area contributed by atoms with Crippen LogP contribution in [0.25, 0.3) is 0 Å². The summed E-state index contributed by atoms with van der Waals surface area (Å²) in [5.41, 5.74) is 1.04. The SMILES string of the molecule is Clc1cccc(Cl)c1C[C@H]1CNCCN1. The minimum absolute atomic E-state index is 0.427. The first-order valence-corrected chi connectivity index (χ1v) is 5.90. The molecule has 0 saturated carbocycles. The molecular formula is C11H14Cl2N2. The van der Waals surface area contributed by atoms with Gasteiger partial charge >= 0.3 is 0 Å². The van der Waals surface area contributed by atoms with E-state index in [9.17, 15) is 0 Å². The third-order valence-corrected chi connectivity index (χ3v) is 3.35. The van der Waals surface area contributed by atoms with Gasteiger partial charge in [-0.25, -0.2) is 0 Å².